The fraction of sp³-hybridized carbons (Fsp3) is 0.261. The Kier molecular flexibility index (Phi) is 5.71. The SMILES string of the molecule is Cn1cc(Nc2ncc(-c3ccc(CC(=O)Nc4cc(C5(C(F)F)CC5)on4)c(F)c3)cn2)cn1. The molecule has 0 unspecified atom stereocenters. The first-order valence-electron chi connectivity index (χ1n) is 10.7. The van der Waals surface area contributed by atoms with Gasteiger partial charge in [0.1, 0.15) is 5.82 Å². The number of carbonyl (C=O) groups is 1. The van der Waals surface area contributed by atoms with Gasteiger partial charge in [0.2, 0.25) is 11.9 Å². The number of nitrogens with one attached hydrogen (secondary N) is 2. The lowest BCUT2D eigenvalue weighted by molar-refractivity contribution is -0.115. The molecule has 1 fully saturated rings. The number of carbonyl (C=O) groups excluding carboxylic acids is 1. The quantitative estimate of drug-likeness (QED) is 0.386. The fourth-order valence-corrected chi connectivity index (χ4v) is 3.66. The van der Waals surface area contributed by atoms with Gasteiger partial charge in [0.15, 0.2) is 11.6 Å². The lowest BCUT2D eigenvalue weighted by atomic mass is 10.0. The van der Waals surface area contributed by atoms with Gasteiger partial charge in [0, 0.05) is 37.3 Å². The Balaban J connectivity index is 1.21. The van der Waals surface area contributed by atoms with Crippen molar-refractivity contribution in [1.82, 2.24) is 24.9 Å². The summed E-state index contributed by atoms with van der Waals surface area (Å²) < 4.78 is 47.7. The predicted molar refractivity (Wildman–Crippen MR) is 120 cm³/mol. The highest BCUT2D eigenvalue weighted by Crippen LogP contribution is 2.53. The summed E-state index contributed by atoms with van der Waals surface area (Å²) in [5.74, 6) is -0.695. The number of aromatic nitrogens is 5. The van der Waals surface area contributed by atoms with Crippen LogP contribution >= 0.6 is 0 Å². The molecule has 0 atom stereocenters. The number of hydrogen-bond acceptors (Lipinski definition) is 7. The molecule has 35 heavy (non-hydrogen) atoms. The van der Waals surface area contributed by atoms with E-state index in [0.717, 1.165) is 5.69 Å². The molecule has 2 N–H and O–H groups in total. The summed E-state index contributed by atoms with van der Waals surface area (Å²) in [5.41, 5.74) is 0.727. The van der Waals surface area contributed by atoms with Crippen molar-refractivity contribution in [2.45, 2.75) is 31.1 Å². The van der Waals surface area contributed by atoms with Crippen LogP contribution in [0.3, 0.4) is 0 Å². The number of hydrogen-bond donors (Lipinski definition) is 2. The van der Waals surface area contributed by atoms with E-state index in [2.05, 4.69) is 30.9 Å². The Morgan fingerprint density at radius 2 is 1.94 bits per heavy atom. The number of nitrogens with zero attached hydrogens (tertiary/aromatic N) is 5. The molecule has 0 spiro atoms. The van der Waals surface area contributed by atoms with Crippen LogP contribution < -0.4 is 10.6 Å². The van der Waals surface area contributed by atoms with Crippen molar-refractivity contribution in [3.05, 3.63) is 66.2 Å². The van der Waals surface area contributed by atoms with Gasteiger partial charge in [0.25, 0.3) is 6.43 Å². The number of aryl methyl sites for hydroxylation is 1. The average Bonchev–Trinajstić information content (AvgIpc) is 3.36. The van der Waals surface area contributed by atoms with E-state index in [1.807, 2.05) is 0 Å². The second kappa shape index (κ2) is 8.85. The Morgan fingerprint density at radius 3 is 2.57 bits per heavy atom. The molecule has 0 radical (unpaired) electrons. The Bertz CT molecular complexity index is 1360. The van der Waals surface area contributed by atoms with E-state index < -0.39 is 23.6 Å². The highest BCUT2D eigenvalue weighted by molar-refractivity contribution is 5.91. The molecule has 180 valence electrons. The molecule has 1 aromatic carbocycles. The van der Waals surface area contributed by atoms with Crippen LogP contribution in [0.5, 0.6) is 0 Å². The van der Waals surface area contributed by atoms with E-state index >= 15 is 0 Å². The summed E-state index contributed by atoms with van der Waals surface area (Å²) in [6.07, 6.45) is 4.30. The largest absolute Gasteiger partial charge is 0.358 e. The normalized spacial score (nSPS) is 14.2. The second-order valence-corrected chi connectivity index (χ2v) is 8.39. The van der Waals surface area contributed by atoms with Crippen molar-refractivity contribution < 1.29 is 22.5 Å². The zero-order valence-corrected chi connectivity index (χ0v) is 18.5. The molecule has 0 aliphatic heterocycles. The average molecular weight is 483 g/mol. The minimum atomic E-state index is -2.56. The Hall–Kier alpha value is -4.22. The minimum absolute atomic E-state index is 0.0195. The van der Waals surface area contributed by atoms with E-state index in [-0.39, 0.29) is 23.6 Å². The molecular formula is C23H20F3N7O2. The molecule has 0 bridgehead atoms. The second-order valence-electron chi connectivity index (χ2n) is 8.39. The molecule has 1 aliphatic rings. The van der Waals surface area contributed by atoms with Crippen molar-refractivity contribution in [1.29, 1.82) is 0 Å². The Morgan fingerprint density at radius 1 is 1.17 bits per heavy atom. The monoisotopic (exact) mass is 483 g/mol. The summed E-state index contributed by atoms with van der Waals surface area (Å²) in [6, 6.07) is 5.75. The standard InChI is InChI=1S/C23H20F3N7O2/c1-33-12-16(11-29-33)30-22-27-9-15(10-28-22)13-2-3-14(17(24)6-13)7-20(34)31-19-8-18(35-32-19)23(4-5-23)21(25)26/h2-3,6,8-12,21H,4-5,7H2,1H3,(H,27,28,30)(H,31,32,34). The summed E-state index contributed by atoms with van der Waals surface area (Å²) in [7, 11) is 1.79. The van der Waals surface area contributed by atoms with Gasteiger partial charge in [-0.2, -0.15) is 5.10 Å². The van der Waals surface area contributed by atoms with Gasteiger partial charge in [-0.15, -0.1) is 0 Å². The number of halogens is 3. The Labute approximate surface area is 197 Å². The summed E-state index contributed by atoms with van der Waals surface area (Å²) in [4.78, 5) is 20.8. The van der Waals surface area contributed by atoms with E-state index in [4.69, 9.17) is 4.52 Å². The topological polar surface area (TPSA) is 111 Å². The van der Waals surface area contributed by atoms with Crippen LogP contribution in [0, 0.1) is 5.82 Å². The van der Waals surface area contributed by atoms with E-state index in [9.17, 15) is 18.0 Å². The lowest BCUT2D eigenvalue weighted by Gasteiger charge is -2.08. The van der Waals surface area contributed by atoms with Crippen molar-refractivity contribution in [2.75, 3.05) is 10.6 Å². The molecule has 3 aromatic heterocycles. The van der Waals surface area contributed by atoms with Crippen LogP contribution in [0.2, 0.25) is 0 Å². The summed E-state index contributed by atoms with van der Waals surface area (Å²) in [6.45, 7) is 0. The van der Waals surface area contributed by atoms with E-state index in [0.29, 0.717) is 29.9 Å². The first-order valence-corrected chi connectivity index (χ1v) is 10.7. The highest BCUT2D eigenvalue weighted by atomic mass is 19.3. The van der Waals surface area contributed by atoms with Crippen molar-refractivity contribution >= 4 is 23.4 Å². The van der Waals surface area contributed by atoms with Crippen LogP contribution in [0.1, 0.15) is 24.2 Å². The van der Waals surface area contributed by atoms with Crippen LogP contribution in [0.4, 0.5) is 30.6 Å². The van der Waals surface area contributed by atoms with Crippen LogP contribution in [0.15, 0.2) is 53.6 Å². The van der Waals surface area contributed by atoms with Crippen molar-refractivity contribution in [3.63, 3.8) is 0 Å². The minimum Gasteiger partial charge on any atom is -0.358 e. The molecule has 0 saturated heterocycles. The smallest absolute Gasteiger partial charge is 0.251 e. The van der Waals surface area contributed by atoms with Gasteiger partial charge in [-0.25, -0.2) is 23.1 Å². The summed E-state index contributed by atoms with van der Waals surface area (Å²) in [5, 5.41) is 13.2. The number of benzene rings is 1. The van der Waals surface area contributed by atoms with Gasteiger partial charge in [-0.3, -0.25) is 9.48 Å². The van der Waals surface area contributed by atoms with E-state index in [1.54, 1.807) is 42.6 Å². The number of rotatable bonds is 8. The van der Waals surface area contributed by atoms with Gasteiger partial charge in [-0.1, -0.05) is 17.3 Å². The van der Waals surface area contributed by atoms with Gasteiger partial charge >= 0.3 is 0 Å². The maximum absolute atomic E-state index is 14.7. The zero-order valence-electron chi connectivity index (χ0n) is 18.5. The lowest BCUT2D eigenvalue weighted by Crippen LogP contribution is -2.17. The van der Waals surface area contributed by atoms with Gasteiger partial charge in [0.05, 0.1) is 23.7 Å². The molecule has 9 nitrogen and oxygen atoms in total. The number of alkyl halides is 2. The van der Waals surface area contributed by atoms with Crippen LogP contribution in [0.25, 0.3) is 11.1 Å². The molecular weight excluding hydrogens is 463 g/mol. The van der Waals surface area contributed by atoms with Crippen molar-refractivity contribution in [3.8, 4) is 11.1 Å². The molecule has 1 saturated carbocycles. The van der Waals surface area contributed by atoms with Gasteiger partial charge < -0.3 is 15.2 Å². The molecule has 12 heteroatoms. The van der Waals surface area contributed by atoms with Crippen LogP contribution in [-0.2, 0) is 23.7 Å². The summed E-state index contributed by atoms with van der Waals surface area (Å²) >= 11 is 0. The third-order valence-corrected chi connectivity index (χ3v) is 5.83. The van der Waals surface area contributed by atoms with Gasteiger partial charge in [-0.05, 0) is 30.0 Å². The molecule has 4 aromatic rings. The number of amides is 1. The molecule has 1 aliphatic carbocycles. The van der Waals surface area contributed by atoms with Crippen molar-refractivity contribution in [2.24, 2.45) is 7.05 Å². The third-order valence-electron chi connectivity index (χ3n) is 5.83. The third kappa shape index (κ3) is 4.72. The van der Waals surface area contributed by atoms with E-state index in [1.165, 1.54) is 18.2 Å². The maximum atomic E-state index is 14.7. The highest BCUT2D eigenvalue weighted by Gasteiger charge is 2.55. The molecule has 3 heterocycles. The first kappa shape index (κ1) is 22.6. The maximum Gasteiger partial charge on any atom is 0.251 e. The zero-order chi connectivity index (χ0) is 24.6. The number of anilines is 3. The fourth-order valence-electron chi connectivity index (χ4n) is 3.66. The molecule has 5 rings (SSSR count). The molecule has 1 amide bonds. The predicted octanol–water partition coefficient (Wildman–Crippen LogP) is 4.23. The van der Waals surface area contributed by atoms with Crippen LogP contribution in [-0.4, -0.2) is 37.2 Å². The first-order chi connectivity index (χ1) is 16.8.